The summed E-state index contributed by atoms with van der Waals surface area (Å²) in [6.45, 7) is 0. The van der Waals surface area contributed by atoms with Crippen LogP contribution >= 0.6 is 24.0 Å². The molecule has 1 aliphatic rings. The molecule has 3 aromatic rings. The summed E-state index contributed by atoms with van der Waals surface area (Å²) in [6.07, 6.45) is -0.400. The van der Waals surface area contributed by atoms with Gasteiger partial charge in [0.15, 0.2) is 0 Å². The van der Waals surface area contributed by atoms with Crippen molar-refractivity contribution in [3.05, 3.63) is 75.5 Å². The highest BCUT2D eigenvalue weighted by molar-refractivity contribution is 7.84. The Bertz CT molecular complexity index is 1030. The van der Waals surface area contributed by atoms with E-state index in [-0.39, 0.29) is 5.57 Å². The molecule has 1 aliphatic heterocycles. The van der Waals surface area contributed by atoms with Gasteiger partial charge in [0.1, 0.15) is 17.8 Å². The van der Waals surface area contributed by atoms with Crippen molar-refractivity contribution in [1.29, 1.82) is 5.26 Å². The Kier molecular flexibility index (Phi) is 3.96. The van der Waals surface area contributed by atoms with Gasteiger partial charge in [-0.25, -0.2) is 0 Å². The van der Waals surface area contributed by atoms with Crippen molar-refractivity contribution in [1.82, 2.24) is 5.32 Å². The van der Waals surface area contributed by atoms with Crippen molar-refractivity contribution in [2.75, 3.05) is 4.90 Å². The second-order valence-electron chi connectivity index (χ2n) is 5.57. The molecule has 1 amide bonds. The summed E-state index contributed by atoms with van der Waals surface area (Å²) >= 11 is 6.10. The van der Waals surface area contributed by atoms with Gasteiger partial charge in [-0.15, -0.1) is 24.0 Å². The number of thiol groups is 1. The minimum absolute atomic E-state index is 0.0177. The Morgan fingerprint density at radius 3 is 2.68 bits per heavy atom. The molecule has 0 spiro atoms. The van der Waals surface area contributed by atoms with Crippen LogP contribution in [0.5, 0.6) is 0 Å². The summed E-state index contributed by atoms with van der Waals surface area (Å²) in [5.74, 6) is -0.401. The summed E-state index contributed by atoms with van der Waals surface area (Å²) in [4.78, 5) is 15.2. The molecule has 2 heterocycles. The lowest BCUT2D eigenvalue weighted by atomic mass is 10.1. The topological polar surface area (TPSA) is 56.1 Å². The first-order valence-corrected chi connectivity index (χ1v) is 8.98. The fraction of sp³-hybridized carbons (Fsp3) is 0.0526. The van der Waals surface area contributed by atoms with Crippen LogP contribution < -0.4 is 10.2 Å². The van der Waals surface area contributed by atoms with Gasteiger partial charge >= 0.3 is 0 Å². The van der Waals surface area contributed by atoms with Gasteiger partial charge in [0.05, 0.1) is 10.7 Å². The zero-order valence-electron chi connectivity index (χ0n) is 13.0. The number of carbonyl (C=O) groups excluding carboxylic acids is 1. The number of nitriles is 1. The van der Waals surface area contributed by atoms with Gasteiger partial charge in [0.25, 0.3) is 5.91 Å². The molecule has 1 N–H and O–H groups in total. The molecule has 122 valence electrons. The van der Waals surface area contributed by atoms with E-state index in [1.165, 1.54) is 0 Å². The molecule has 6 heteroatoms. The van der Waals surface area contributed by atoms with Crippen LogP contribution in [0.2, 0.25) is 0 Å². The zero-order valence-corrected chi connectivity index (χ0v) is 14.7. The van der Waals surface area contributed by atoms with Gasteiger partial charge in [-0.2, -0.15) is 5.26 Å². The Morgan fingerprint density at radius 2 is 1.92 bits per heavy atom. The summed E-state index contributed by atoms with van der Waals surface area (Å²) in [6, 6.07) is 19.9. The summed E-state index contributed by atoms with van der Waals surface area (Å²) in [5.41, 5.74) is 0.915. The van der Waals surface area contributed by atoms with Gasteiger partial charge < -0.3 is 10.2 Å². The number of hydrogen-bond donors (Lipinski definition) is 2. The highest BCUT2D eigenvalue weighted by Gasteiger charge is 2.35. The van der Waals surface area contributed by atoms with E-state index in [9.17, 15) is 10.1 Å². The third kappa shape index (κ3) is 2.58. The third-order valence-electron chi connectivity index (χ3n) is 4.16. The minimum atomic E-state index is -0.401. The lowest BCUT2D eigenvalue weighted by Crippen LogP contribution is -2.45. The second kappa shape index (κ2) is 6.28. The maximum Gasteiger partial charge on any atom is 0.266 e. The van der Waals surface area contributed by atoms with Crippen LogP contribution in [-0.4, -0.2) is 5.91 Å². The zero-order chi connectivity index (χ0) is 17.4. The number of amides is 1. The first kappa shape index (κ1) is 15.8. The Hall–Kier alpha value is -2.75. The van der Waals surface area contributed by atoms with Crippen LogP contribution in [0.1, 0.15) is 11.0 Å². The average Bonchev–Trinajstić information content (AvgIpc) is 3.16. The molecule has 0 aliphatic carbocycles. The second-order valence-corrected chi connectivity index (χ2v) is 6.97. The predicted molar refractivity (Wildman–Crippen MR) is 103 cm³/mol. The van der Waals surface area contributed by atoms with Gasteiger partial charge in [0.2, 0.25) is 0 Å². The molecule has 1 unspecified atom stereocenters. The van der Waals surface area contributed by atoms with Crippen molar-refractivity contribution < 1.29 is 4.79 Å². The van der Waals surface area contributed by atoms with E-state index in [1.54, 1.807) is 11.3 Å². The number of hydrogen-bond acceptors (Lipinski definition) is 5. The number of thiophene rings is 1. The fourth-order valence-corrected chi connectivity index (χ4v) is 4.16. The lowest BCUT2D eigenvalue weighted by Gasteiger charge is -2.37. The molecule has 0 saturated carbocycles. The number of rotatable bonds is 2. The van der Waals surface area contributed by atoms with E-state index in [2.05, 4.69) is 17.9 Å². The van der Waals surface area contributed by atoms with Crippen LogP contribution in [0.3, 0.4) is 0 Å². The monoisotopic (exact) mass is 363 g/mol. The van der Waals surface area contributed by atoms with E-state index in [0.717, 1.165) is 21.3 Å². The molecule has 1 aromatic heterocycles. The van der Waals surface area contributed by atoms with E-state index >= 15 is 0 Å². The number of nitrogens with zero attached hydrogens (tertiary/aromatic N) is 2. The summed E-state index contributed by atoms with van der Waals surface area (Å²) in [5, 5.41) is 16.8. The van der Waals surface area contributed by atoms with Crippen LogP contribution in [-0.2, 0) is 4.79 Å². The SMILES string of the molecule is N#CC1=C(S)N(c2cccc3ccccc23)C(c2cccs2)NC1=O. The van der Waals surface area contributed by atoms with Crippen molar-refractivity contribution >= 4 is 46.3 Å². The van der Waals surface area contributed by atoms with Crippen LogP contribution in [0.15, 0.2) is 70.6 Å². The molecule has 4 nitrogen and oxygen atoms in total. The predicted octanol–water partition coefficient (Wildman–Crippen LogP) is 4.20. The molecule has 4 rings (SSSR count). The molecule has 0 fully saturated rings. The van der Waals surface area contributed by atoms with E-state index in [4.69, 9.17) is 0 Å². The highest BCUT2D eigenvalue weighted by Crippen LogP contribution is 2.40. The number of anilines is 1. The maximum absolute atomic E-state index is 12.3. The first-order chi connectivity index (χ1) is 12.2. The van der Waals surface area contributed by atoms with Crippen molar-refractivity contribution in [3.63, 3.8) is 0 Å². The Balaban J connectivity index is 1.98. The third-order valence-corrected chi connectivity index (χ3v) is 5.52. The number of carbonyl (C=O) groups is 1. The average molecular weight is 363 g/mol. The van der Waals surface area contributed by atoms with E-state index < -0.39 is 12.1 Å². The van der Waals surface area contributed by atoms with Crippen LogP contribution in [0.25, 0.3) is 10.8 Å². The largest absolute Gasteiger partial charge is 0.326 e. The summed E-state index contributed by atoms with van der Waals surface area (Å²) < 4.78 is 0. The van der Waals surface area contributed by atoms with Gasteiger partial charge in [-0.3, -0.25) is 4.79 Å². The van der Waals surface area contributed by atoms with Crippen LogP contribution in [0.4, 0.5) is 5.69 Å². The van der Waals surface area contributed by atoms with Gasteiger partial charge in [-0.1, -0.05) is 42.5 Å². The minimum Gasteiger partial charge on any atom is -0.326 e. The fourth-order valence-electron chi connectivity index (χ4n) is 3.02. The van der Waals surface area contributed by atoms with Crippen LogP contribution in [0, 0.1) is 11.3 Å². The van der Waals surface area contributed by atoms with Crippen molar-refractivity contribution in [2.45, 2.75) is 6.17 Å². The Morgan fingerprint density at radius 1 is 1.12 bits per heavy atom. The normalized spacial score (nSPS) is 17.5. The standard InChI is InChI=1S/C19H13N3OS2/c20-11-14-18(23)21-17(16-9-4-10-25-16)22(19(14)24)15-8-3-6-12-5-1-2-7-13(12)15/h1-10,17,24H,(H,21,23). The van der Waals surface area contributed by atoms with Crippen molar-refractivity contribution in [3.8, 4) is 6.07 Å². The number of fused-ring (bicyclic) bond motifs is 1. The van der Waals surface area contributed by atoms with E-state index in [0.29, 0.717) is 5.03 Å². The molecule has 0 saturated heterocycles. The first-order valence-electron chi connectivity index (χ1n) is 7.65. The lowest BCUT2D eigenvalue weighted by molar-refractivity contribution is -0.118. The van der Waals surface area contributed by atoms with Crippen molar-refractivity contribution in [2.24, 2.45) is 0 Å². The maximum atomic E-state index is 12.3. The molecule has 0 bridgehead atoms. The van der Waals surface area contributed by atoms with Gasteiger partial charge in [0, 0.05) is 10.3 Å². The molecule has 1 atom stereocenters. The molecule has 25 heavy (non-hydrogen) atoms. The van der Waals surface area contributed by atoms with E-state index in [1.807, 2.05) is 70.9 Å². The Labute approximate surface area is 154 Å². The number of benzene rings is 2. The molecule has 2 aromatic carbocycles. The smallest absolute Gasteiger partial charge is 0.266 e. The summed E-state index contributed by atoms with van der Waals surface area (Å²) in [7, 11) is 0. The molecular formula is C19H13N3OS2. The quantitative estimate of drug-likeness (QED) is 0.671. The molecule has 0 radical (unpaired) electrons. The molecular weight excluding hydrogens is 350 g/mol. The van der Waals surface area contributed by atoms with Gasteiger partial charge in [-0.05, 0) is 22.9 Å². The number of nitrogens with one attached hydrogen (secondary N) is 1. The highest BCUT2D eigenvalue weighted by atomic mass is 32.1.